The molecule has 16 heavy (non-hydrogen) atoms. The monoisotopic (exact) mass is 222 g/mol. The summed E-state index contributed by atoms with van der Waals surface area (Å²) >= 11 is 0. The van der Waals surface area contributed by atoms with Gasteiger partial charge >= 0.3 is 0 Å². The van der Waals surface area contributed by atoms with E-state index in [9.17, 15) is 5.11 Å². The first kappa shape index (κ1) is 11.4. The van der Waals surface area contributed by atoms with Crippen LogP contribution in [0.1, 0.15) is 24.8 Å². The summed E-state index contributed by atoms with van der Waals surface area (Å²) in [6, 6.07) is 7.70. The maximum Gasteiger partial charge on any atom is 0.124 e. The summed E-state index contributed by atoms with van der Waals surface area (Å²) in [6.07, 6.45) is 2.93. The van der Waals surface area contributed by atoms with E-state index >= 15 is 0 Å². The molecule has 0 spiro atoms. The fraction of sp³-hybridized carbons (Fsp3) is 0.538. The maximum absolute atomic E-state index is 9.70. The van der Waals surface area contributed by atoms with Crippen LogP contribution < -0.4 is 4.74 Å². The lowest BCUT2D eigenvalue weighted by molar-refractivity contribution is 0.0596. The lowest BCUT2D eigenvalue weighted by Gasteiger charge is -2.19. The fourth-order valence-corrected chi connectivity index (χ4v) is 2.15. The van der Waals surface area contributed by atoms with Crippen LogP contribution in [-0.2, 0) is 6.42 Å². The number of para-hydroxylation sites is 1. The van der Waals surface area contributed by atoms with E-state index in [1.165, 1.54) is 0 Å². The molecule has 3 heteroatoms. The minimum absolute atomic E-state index is 0.0835. The Morgan fingerprint density at radius 3 is 2.75 bits per heavy atom. The van der Waals surface area contributed by atoms with Crippen molar-refractivity contribution in [3.63, 3.8) is 0 Å². The smallest absolute Gasteiger partial charge is 0.124 e. The molecule has 88 valence electrons. The molecule has 1 saturated carbocycles. The first-order valence-electron chi connectivity index (χ1n) is 5.84. The summed E-state index contributed by atoms with van der Waals surface area (Å²) in [6.45, 7) is 0.119. The third kappa shape index (κ3) is 2.54. The molecule has 1 aromatic rings. The Labute approximate surface area is 95.7 Å². The molecule has 0 heterocycles. The van der Waals surface area contributed by atoms with Crippen LogP contribution in [0.4, 0.5) is 0 Å². The Morgan fingerprint density at radius 2 is 2.06 bits per heavy atom. The van der Waals surface area contributed by atoms with Gasteiger partial charge in [-0.25, -0.2) is 0 Å². The van der Waals surface area contributed by atoms with Crippen molar-refractivity contribution in [1.82, 2.24) is 0 Å². The van der Waals surface area contributed by atoms with E-state index < -0.39 is 0 Å². The number of hydrogen-bond acceptors (Lipinski definition) is 3. The van der Waals surface area contributed by atoms with E-state index in [0.29, 0.717) is 6.42 Å². The second-order valence-corrected chi connectivity index (χ2v) is 4.24. The Bertz CT molecular complexity index is 338. The highest BCUT2D eigenvalue weighted by Gasteiger charge is 2.27. The van der Waals surface area contributed by atoms with Gasteiger partial charge in [0, 0.05) is 6.61 Å². The molecule has 2 atom stereocenters. The van der Waals surface area contributed by atoms with Crippen molar-refractivity contribution >= 4 is 0 Å². The predicted molar refractivity (Wildman–Crippen MR) is 61.5 cm³/mol. The largest absolute Gasteiger partial charge is 0.487 e. The van der Waals surface area contributed by atoms with E-state index in [0.717, 1.165) is 30.6 Å². The summed E-state index contributed by atoms with van der Waals surface area (Å²) in [7, 11) is 0. The molecular weight excluding hydrogens is 204 g/mol. The van der Waals surface area contributed by atoms with Gasteiger partial charge in [-0.1, -0.05) is 18.2 Å². The molecular formula is C13H18O3. The van der Waals surface area contributed by atoms with Gasteiger partial charge in [0.05, 0.1) is 6.10 Å². The summed E-state index contributed by atoms with van der Waals surface area (Å²) in [5.74, 6) is 0.794. The van der Waals surface area contributed by atoms with Gasteiger partial charge in [-0.3, -0.25) is 0 Å². The van der Waals surface area contributed by atoms with E-state index in [4.69, 9.17) is 9.84 Å². The highest BCUT2D eigenvalue weighted by molar-refractivity contribution is 5.33. The number of benzene rings is 1. The minimum Gasteiger partial charge on any atom is -0.487 e. The Morgan fingerprint density at radius 1 is 1.25 bits per heavy atom. The average Bonchev–Trinajstić information content (AvgIpc) is 2.68. The number of aliphatic hydroxyl groups excluding tert-OH is 2. The van der Waals surface area contributed by atoms with Crippen molar-refractivity contribution in [2.45, 2.75) is 37.9 Å². The molecule has 1 fully saturated rings. The number of hydrogen-bond donors (Lipinski definition) is 2. The van der Waals surface area contributed by atoms with Crippen LogP contribution >= 0.6 is 0 Å². The summed E-state index contributed by atoms with van der Waals surface area (Å²) in [4.78, 5) is 0. The highest BCUT2D eigenvalue weighted by Crippen LogP contribution is 2.27. The first-order valence-corrected chi connectivity index (χ1v) is 5.84. The molecule has 0 bridgehead atoms. The van der Waals surface area contributed by atoms with E-state index in [1.807, 2.05) is 24.3 Å². The van der Waals surface area contributed by atoms with Crippen LogP contribution in [0.5, 0.6) is 5.75 Å². The summed E-state index contributed by atoms with van der Waals surface area (Å²) < 4.78 is 5.81. The van der Waals surface area contributed by atoms with Gasteiger partial charge in [0.25, 0.3) is 0 Å². The second-order valence-electron chi connectivity index (χ2n) is 4.24. The lowest BCUT2D eigenvalue weighted by atomic mass is 10.1. The molecule has 1 aromatic carbocycles. The number of rotatable bonds is 4. The van der Waals surface area contributed by atoms with E-state index in [-0.39, 0.29) is 18.8 Å². The standard InChI is InChI=1S/C13H18O3/c14-9-8-10-4-1-2-6-12(10)16-13-7-3-5-11(13)15/h1-2,4,6,11,13-15H,3,5,7-9H2/t11-,13-/m1/s1. The Balaban J connectivity index is 2.07. The van der Waals surface area contributed by atoms with Crippen molar-refractivity contribution in [2.24, 2.45) is 0 Å². The maximum atomic E-state index is 9.70. The zero-order valence-corrected chi connectivity index (χ0v) is 9.30. The SMILES string of the molecule is OCCc1ccccc1O[C@@H]1CCC[C@H]1O. The van der Waals surface area contributed by atoms with Crippen molar-refractivity contribution in [3.8, 4) is 5.75 Å². The van der Waals surface area contributed by atoms with Crippen molar-refractivity contribution in [2.75, 3.05) is 6.61 Å². The van der Waals surface area contributed by atoms with Gasteiger partial charge in [0.2, 0.25) is 0 Å². The molecule has 0 aromatic heterocycles. The van der Waals surface area contributed by atoms with Crippen LogP contribution in [0.25, 0.3) is 0 Å². The fourth-order valence-electron chi connectivity index (χ4n) is 2.15. The molecule has 0 radical (unpaired) electrons. The topological polar surface area (TPSA) is 49.7 Å². The van der Waals surface area contributed by atoms with Crippen LogP contribution in [0, 0.1) is 0 Å². The number of ether oxygens (including phenoxy) is 1. The van der Waals surface area contributed by atoms with Crippen molar-refractivity contribution in [1.29, 1.82) is 0 Å². The third-order valence-electron chi connectivity index (χ3n) is 3.05. The van der Waals surface area contributed by atoms with Crippen LogP contribution in [0.15, 0.2) is 24.3 Å². The average molecular weight is 222 g/mol. The van der Waals surface area contributed by atoms with Gasteiger partial charge in [0.15, 0.2) is 0 Å². The normalized spacial score (nSPS) is 24.6. The zero-order valence-electron chi connectivity index (χ0n) is 9.30. The molecule has 0 unspecified atom stereocenters. The first-order chi connectivity index (χ1) is 7.81. The van der Waals surface area contributed by atoms with Crippen LogP contribution in [-0.4, -0.2) is 29.0 Å². The predicted octanol–water partition coefficient (Wildman–Crippen LogP) is 1.51. The van der Waals surface area contributed by atoms with Crippen LogP contribution in [0.3, 0.4) is 0 Å². The minimum atomic E-state index is -0.345. The van der Waals surface area contributed by atoms with Gasteiger partial charge in [-0.2, -0.15) is 0 Å². The highest BCUT2D eigenvalue weighted by atomic mass is 16.5. The second kappa shape index (κ2) is 5.32. The Hall–Kier alpha value is -1.06. The third-order valence-corrected chi connectivity index (χ3v) is 3.05. The molecule has 2 rings (SSSR count). The molecule has 1 aliphatic carbocycles. The van der Waals surface area contributed by atoms with Gasteiger partial charge in [-0.15, -0.1) is 0 Å². The van der Waals surface area contributed by atoms with Crippen LogP contribution in [0.2, 0.25) is 0 Å². The Kier molecular flexibility index (Phi) is 3.80. The summed E-state index contributed by atoms with van der Waals surface area (Å²) in [5, 5.41) is 18.6. The van der Waals surface area contributed by atoms with Gasteiger partial charge in [-0.05, 0) is 37.3 Å². The zero-order chi connectivity index (χ0) is 11.4. The molecule has 0 aliphatic heterocycles. The molecule has 3 nitrogen and oxygen atoms in total. The van der Waals surface area contributed by atoms with Crippen molar-refractivity contribution in [3.05, 3.63) is 29.8 Å². The molecule has 1 aliphatic rings. The quantitative estimate of drug-likeness (QED) is 0.812. The van der Waals surface area contributed by atoms with E-state index in [2.05, 4.69) is 0 Å². The molecule has 2 N–H and O–H groups in total. The summed E-state index contributed by atoms with van der Waals surface area (Å²) in [5.41, 5.74) is 1.00. The lowest BCUT2D eigenvalue weighted by Crippen LogP contribution is -2.26. The number of aliphatic hydroxyl groups is 2. The van der Waals surface area contributed by atoms with Crippen molar-refractivity contribution < 1.29 is 14.9 Å². The molecule has 0 saturated heterocycles. The molecule has 0 amide bonds. The van der Waals surface area contributed by atoms with Gasteiger partial charge < -0.3 is 14.9 Å². The van der Waals surface area contributed by atoms with E-state index in [1.54, 1.807) is 0 Å². The van der Waals surface area contributed by atoms with Gasteiger partial charge in [0.1, 0.15) is 11.9 Å².